The Labute approximate surface area is 129 Å². The molecule has 3 rings (SSSR count). The van der Waals surface area contributed by atoms with Crippen LogP contribution in [0.2, 0.25) is 0 Å². The lowest BCUT2D eigenvalue weighted by molar-refractivity contribution is -0.102. The van der Waals surface area contributed by atoms with Crippen molar-refractivity contribution in [3.05, 3.63) is 54.6 Å². The van der Waals surface area contributed by atoms with Crippen LogP contribution in [0.3, 0.4) is 0 Å². The average Bonchev–Trinajstić information content (AvgIpc) is 2.51. The summed E-state index contributed by atoms with van der Waals surface area (Å²) in [5.74, 6) is 1.72. The third-order valence-corrected chi connectivity index (χ3v) is 4.84. The van der Waals surface area contributed by atoms with E-state index in [9.17, 15) is 5.21 Å². The van der Waals surface area contributed by atoms with Crippen LogP contribution >= 0.6 is 11.8 Å². The number of nitrogens with zero attached hydrogens (tertiary/aromatic N) is 1. The Balaban J connectivity index is 1.63. The molecule has 0 bridgehead atoms. The molecule has 4 heteroatoms. The lowest BCUT2D eigenvalue weighted by Crippen LogP contribution is -2.31. The highest BCUT2D eigenvalue weighted by Crippen LogP contribution is 2.33. The second-order valence-corrected chi connectivity index (χ2v) is 6.53. The fourth-order valence-corrected chi connectivity index (χ4v) is 3.56. The molecular weight excluding hydrogens is 282 g/mol. The molecule has 21 heavy (non-hydrogen) atoms. The fraction of sp³-hybridized carbons (Fsp3) is 0.294. The number of hydrogen-bond donors (Lipinski definition) is 1. The van der Waals surface area contributed by atoms with Gasteiger partial charge in [0, 0.05) is 23.2 Å². The standard InChI is InChI=1S/C17H19NO2S/c19-18-11-9-16(10-12-18)21-17-8-4-7-15(13-17)20-14-5-2-1-3-6-14/h1-8,13,16,19H,9-12H2. The molecule has 1 heterocycles. The third-order valence-electron chi connectivity index (χ3n) is 3.51. The van der Waals surface area contributed by atoms with E-state index in [0.717, 1.165) is 37.4 Å². The van der Waals surface area contributed by atoms with Crippen molar-refractivity contribution in [1.82, 2.24) is 5.06 Å². The van der Waals surface area contributed by atoms with Gasteiger partial charge >= 0.3 is 0 Å². The van der Waals surface area contributed by atoms with Crippen molar-refractivity contribution in [1.29, 1.82) is 0 Å². The first-order valence-electron chi connectivity index (χ1n) is 7.23. The van der Waals surface area contributed by atoms with Gasteiger partial charge in [-0.25, -0.2) is 0 Å². The minimum atomic E-state index is 0.570. The van der Waals surface area contributed by atoms with E-state index in [0.29, 0.717) is 5.25 Å². The van der Waals surface area contributed by atoms with Crippen molar-refractivity contribution in [2.75, 3.05) is 13.1 Å². The largest absolute Gasteiger partial charge is 0.457 e. The number of para-hydroxylation sites is 1. The minimum Gasteiger partial charge on any atom is -0.457 e. The molecule has 0 atom stereocenters. The summed E-state index contributed by atoms with van der Waals surface area (Å²) in [6.45, 7) is 1.52. The SMILES string of the molecule is ON1CCC(Sc2cccc(Oc3ccccc3)c2)CC1. The minimum absolute atomic E-state index is 0.570. The third kappa shape index (κ3) is 4.24. The maximum atomic E-state index is 9.41. The summed E-state index contributed by atoms with van der Waals surface area (Å²) < 4.78 is 5.86. The first-order chi connectivity index (χ1) is 10.3. The first-order valence-corrected chi connectivity index (χ1v) is 8.11. The zero-order chi connectivity index (χ0) is 14.5. The normalized spacial score (nSPS) is 16.8. The molecule has 2 aromatic carbocycles. The maximum Gasteiger partial charge on any atom is 0.128 e. The Morgan fingerprint density at radius 2 is 1.67 bits per heavy atom. The molecule has 110 valence electrons. The summed E-state index contributed by atoms with van der Waals surface area (Å²) >= 11 is 1.87. The van der Waals surface area contributed by atoms with Crippen molar-refractivity contribution >= 4 is 11.8 Å². The van der Waals surface area contributed by atoms with E-state index in [1.807, 2.05) is 54.2 Å². The van der Waals surface area contributed by atoms with Gasteiger partial charge in [-0.1, -0.05) is 24.3 Å². The van der Waals surface area contributed by atoms with Gasteiger partial charge in [-0.05, 0) is 43.2 Å². The van der Waals surface area contributed by atoms with Crippen LogP contribution in [-0.4, -0.2) is 28.6 Å². The van der Waals surface area contributed by atoms with Crippen molar-refractivity contribution in [3.8, 4) is 11.5 Å². The van der Waals surface area contributed by atoms with Gasteiger partial charge in [-0.3, -0.25) is 0 Å². The Bertz CT molecular complexity index is 568. The second kappa shape index (κ2) is 6.98. The molecule has 2 aromatic rings. The highest BCUT2D eigenvalue weighted by molar-refractivity contribution is 8.00. The van der Waals surface area contributed by atoms with Crippen LogP contribution in [0.5, 0.6) is 11.5 Å². The van der Waals surface area contributed by atoms with Gasteiger partial charge in [0.25, 0.3) is 0 Å². The average molecular weight is 301 g/mol. The van der Waals surface area contributed by atoms with Crippen LogP contribution in [0.4, 0.5) is 0 Å². The molecule has 0 aromatic heterocycles. The van der Waals surface area contributed by atoms with Gasteiger partial charge in [-0.15, -0.1) is 11.8 Å². The van der Waals surface area contributed by atoms with Crippen LogP contribution in [-0.2, 0) is 0 Å². The van der Waals surface area contributed by atoms with Crippen molar-refractivity contribution in [2.45, 2.75) is 23.0 Å². The summed E-state index contributed by atoms with van der Waals surface area (Å²) in [6, 6.07) is 18.0. The summed E-state index contributed by atoms with van der Waals surface area (Å²) in [6.07, 6.45) is 2.04. The molecule has 1 aliphatic heterocycles. The summed E-state index contributed by atoms with van der Waals surface area (Å²) in [4.78, 5) is 1.22. The Morgan fingerprint density at radius 3 is 2.43 bits per heavy atom. The van der Waals surface area contributed by atoms with Gasteiger partial charge in [0.15, 0.2) is 0 Å². The van der Waals surface area contributed by atoms with E-state index in [-0.39, 0.29) is 0 Å². The Hall–Kier alpha value is -1.49. The van der Waals surface area contributed by atoms with E-state index in [1.165, 1.54) is 9.96 Å². The van der Waals surface area contributed by atoms with Gasteiger partial charge < -0.3 is 9.94 Å². The predicted octanol–water partition coefficient (Wildman–Crippen LogP) is 4.42. The monoisotopic (exact) mass is 301 g/mol. The lowest BCUT2D eigenvalue weighted by Gasteiger charge is -2.26. The molecule has 0 unspecified atom stereocenters. The van der Waals surface area contributed by atoms with E-state index in [1.54, 1.807) is 0 Å². The summed E-state index contributed by atoms with van der Waals surface area (Å²) in [7, 11) is 0. The molecule has 0 saturated carbocycles. The molecule has 0 amide bonds. The quantitative estimate of drug-likeness (QED) is 0.906. The fourth-order valence-electron chi connectivity index (χ4n) is 2.39. The predicted molar refractivity (Wildman–Crippen MR) is 85.2 cm³/mol. The number of hydroxylamine groups is 2. The Morgan fingerprint density at radius 1 is 0.952 bits per heavy atom. The number of rotatable bonds is 4. The van der Waals surface area contributed by atoms with Crippen LogP contribution in [0, 0.1) is 0 Å². The number of ether oxygens (including phenoxy) is 1. The zero-order valence-corrected chi connectivity index (χ0v) is 12.6. The number of piperidine rings is 1. The van der Waals surface area contributed by atoms with E-state index < -0.39 is 0 Å². The number of benzene rings is 2. The van der Waals surface area contributed by atoms with Gasteiger partial charge in [-0.2, -0.15) is 5.06 Å². The van der Waals surface area contributed by atoms with Gasteiger partial charge in [0.1, 0.15) is 11.5 Å². The van der Waals surface area contributed by atoms with Crippen molar-refractivity contribution in [2.24, 2.45) is 0 Å². The number of thioether (sulfide) groups is 1. The molecular formula is C17H19NO2S. The highest BCUT2D eigenvalue weighted by atomic mass is 32.2. The molecule has 3 nitrogen and oxygen atoms in total. The molecule has 1 N–H and O–H groups in total. The highest BCUT2D eigenvalue weighted by Gasteiger charge is 2.18. The number of hydrogen-bond acceptors (Lipinski definition) is 4. The van der Waals surface area contributed by atoms with Gasteiger partial charge in [0.05, 0.1) is 0 Å². The topological polar surface area (TPSA) is 32.7 Å². The van der Waals surface area contributed by atoms with E-state index in [2.05, 4.69) is 12.1 Å². The van der Waals surface area contributed by atoms with Crippen molar-refractivity contribution in [3.63, 3.8) is 0 Å². The Kier molecular flexibility index (Phi) is 4.80. The van der Waals surface area contributed by atoms with E-state index >= 15 is 0 Å². The summed E-state index contributed by atoms with van der Waals surface area (Å²) in [5, 5.41) is 11.4. The van der Waals surface area contributed by atoms with Crippen molar-refractivity contribution < 1.29 is 9.94 Å². The van der Waals surface area contributed by atoms with Crippen LogP contribution < -0.4 is 4.74 Å². The zero-order valence-electron chi connectivity index (χ0n) is 11.8. The van der Waals surface area contributed by atoms with Crippen LogP contribution in [0.1, 0.15) is 12.8 Å². The lowest BCUT2D eigenvalue weighted by atomic mass is 10.2. The molecule has 1 fully saturated rings. The molecule has 0 aliphatic carbocycles. The van der Waals surface area contributed by atoms with E-state index in [4.69, 9.17) is 4.74 Å². The maximum absolute atomic E-state index is 9.41. The van der Waals surface area contributed by atoms with Gasteiger partial charge in [0.2, 0.25) is 0 Å². The summed E-state index contributed by atoms with van der Waals surface area (Å²) in [5.41, 5.74) is 0. The molecule has 0 radical (unpaired) electrons. The molecule has 1 saturated heterocycles. The first kappa shape index (κ1) is 14.4. The second-order valence-electron chi connectivity index (χ2n) is 5.16. The smallest absolute Gasteiger partial charge is 0.128 e. The molecule has 1 aliphatic rings. The van der Waals surface area contributed by atoms with Crippen LogP contribution in [0.15, 0.2) is 59.5 Å². The van der Waals surface area contributed by atoms with Crippen LogP contribution in [0.25, 0.3) is 0 Å². The molecule has 0 spiro atoms.